The number of aromatic amines is 1. The number of benzene rings is 2. The molecular weight excluding hydrogens is 286 g/mol. The maximum Gasteiger partial charge on any atom is 0.193 e. The smallest absolute Gasteiger partial charge is 0.193 e. The van der Waals surface area contributed by atoms with E-state index < -0.39 is 0 Å². The summed E-state index contributed by atoms with van der Waals surface area (Å²) in [4.78, 5) is 12.2. The molecule has 0 unspecified atom stereocenters. The number of nitrogens with zero attached hydrogens (tertiary/aromatic N) is 2. The summed E-state index contributed by atoms with van der Waals surface area (Å²) in [6.07, 6.45) is 0.991. The zero-order chi connectivity index (χ0) is 16.2. The van der Waals surface area contributed by atoms with Crippen molar-refractivity contribution in [3.05, 3.63) is 59.4 Å². The molecule has 0 amide bonds. The van der Waals surface area contributed by atoms with Crippen LogP contribution in [0.2, 0.25) is 0 Å². The summed E-state index contributed by atoms with van der Waals surface area (Å²) in [6.45, 7) is 4.59. The molecule has 3 aromatic rings. The standard InChI is InChI=1S/C18H21N5/c1-3-13-7-5-8-14(10-13)21-18(19)20-11-16-22-15-9-4-6-12(2)17(15)23-16/h4-10H,3,11H2,1-2H3,(H,22,23)(H3,19,20,21). The van der Waals surface area contributed by atoms with Crippen LogP contribution < -0.4 is 11.1 Å². The number of aromatic nitrogens is 2. The summed E-state index contributed by atoms with van der Waals surface area (Å²) < 4.78 is 0. The summed E-state index contributed by atoms with van der Waals surface area (Å²) in [5, 5.41) is 3.12. The molecule has 0 spiro atoms. The van der Waals surface area contributed by atoms with Gasteiger partial charge in [-0.05, 0) is 42.7 Å². The highest BCUT2D eigenvalue weighted by molar-refractivity contribution is 5.92. The number of anilines is 1. The minimum Gasteiger partial charge on any atom is -0.370 e. The lowest BCUT2D eigenvalue weighted by Crippen LogP contribution is -2.22. The van der Waals surface area contributed by atoms with E-state index in [0.717, 1.165) is 34.5 Å². The topological polar surface area (TPSA) is 79.1 Å². The average molecular weight is 307 g/mol. The van der Waals surface area contributed by atoms with Gasteiger partial charge in [0.1, 0.15) is 12.4 Å². The van der Waals surface area contributed by atoms with Gasteiger partial charge in [0, 0.05) is 5.69 Å². The molecule has 118 valence electrons. The molecule has 0 aliphatic carbocycles. The fourth-order valence-corrected chi connectivity index (χ4v) is 2.52. The summed E-state index contributed by atoms with van der Waals surface area (Å²) in [5.74, 6) is 1.19. The number of H-pyrrole nitrogens is 1. The Morgan fingerprint density at radius 2 is 2.09 bits per heavy atom. The predicted octanol–water partition coefficient (Wildman–Crippen LogP) is 3.36. The van der Waals surface area contributed by atoms with Crippen LogP contribution in [0.15, 0.2) is 47.5 Å². The van der Waals surface area contributed by atoms with Gasteiger partial charge < -0.3 is 16.0 Å². The highest BCUT2D eigenvalue weighted by Gasteiger charge is 2.04. The van der Waals surface area contributed by atoms with E-state index in [1.807, 2.05) is 37.3 Å². The van der Waals surface area contributed by atoms with Crippen LogP contribution in [0.4, 0.5) is 5.69 Å². The normalized spacial score (nSPS) is 11.8. The van der Waals surface area contributed by atoms with Crippen LogP contribution >= 0.6 is 0 Å². The molecule has 2 aromatic carbocycles. The van der Waals surface area contributed by atoms with Crippen molar-refractivity contribution < 1.29 is 0 Å². The lowest BCUT2D eigenvalue weighted by Gasteiger charge is -2.06. The Kier molecular flexibility index (Phi) is 4.28. The molecule has 0 fully saturated rings. The van der Waals surface area contributed by atoms with Gasteiger partial charge in [-0.3, -0.25) is 0 Å². The zero-order valence-electron chi connectivity index (χ0n) is 13.4. The molecule has 3 rings (SSSR count). The van der Waals surface area contributed by atoms with Crippen molar-refractivity contribution in [2.75, 3.05) is 5.32 Å². The van der Waals surface area contributed by atoms with Crippen LogP contribution in [0.1, 0.15) is 23.9 Å². The average Bonchev–Trinajstić information content (AvgIpc) is 2.98. The SMILES string of the molecule is CCc1cccc(NC(N)=NCc2nc3c(C)cccc3[nH]2)c1. The first kappa shape index (κ1) is 15.1. The quantitative estimate of drug-likeness (QED) is 0.511. The number of para-hydroxylation sites is 1. The third-order valence-electron chi connectivity index (χ3n) is 3.77. The van der Waals surface area contributed by atoms with Crippen LogP contribution in [0.3, 0.4) is 0 Å². The first-order valence-corrected chi connectivity index (χ1v) is 7.76. The fraction of sp³-hybridized carbons (Fsp3) is 0.222. The van der Waals surface area contributed by atoms with E-state index in [1.54, 1.807) is 0 Å². The summed E-state index contributed by atoms with van der Waals surface area (Å²) in [6, 6.07) is 14.2. The van der Waals surface area contributed by atoms with Crippen LogP contribution in [-0.2, 0) is 13.0 Å². The summed E-state index contributed by atoms with van der Waals surface area (Å²) >= 11 is 0. The molecule has 0 atom stereocenters. The van der Waals surface area contributed by atoms with Gasteiger partial charge in [-0.15, -0.1) is 0 Å². The number of nitrogens with two attached hydrogens (primary N) is 1. The number of guanidine groups is 1. The highest BCUT2D eigenvalue weighted by atomic mass is 15.1. The molecule has 5 heteroatoms. The first-order chi connectivity index (χ1) is 11.2. The van der Waals surface area contributed by atoms with E-state index >= 15 is 0 Å². The molecule has 1 aromatic heterocycles. The van der Waals surface area contributed by atoms with E-state index in [-0.39, 0.29) is 0 Å². The number of imidazole rings is 1. The van der Waals surface area contributed by atoms with Gasteiger partial charge in [0.2, 0.25) is 0 Å². The summed E-state index contributed by atoms with van der Waals surface area (Å²) in [7, 11) is 0. The van der Waals surface area contributed by atoms with Gasteiger partial charge in [-0.25, -0.2) is 9.98 Å². The lowest BCUT2D eigenvalue weighted by molar-refractivity contribution is 0.954. The third kappa shape index (κ3) is 3.51. The van der Waals surface area contributed by atoms with E-state index in [0.29, 0.717) is 12.5 Å². The maximum atomic E-state index is 5.97. The summed E-state index contributed by atoms with van der Waals surface area (Å²) in [5.41, 5.74) is 11.3. The Hall–Kier alpha value is -2.82. The van der Waals surface area contributed by atoms with Crippen LogP contribution in [0, 0.1) is 6.92 Å². The number of nitrogens with one attached hydrogen (secondary N) is 2. The second kappa shape index (κ2) is 6.52. The number of aryl methyl sites for hydroxylation is 2. The van der Waals surface area contributed by atoms with E-state index in [4.69, 9.17) is 5.73 Å². The molecule has 4 N–H and O–H groups in total. The molecule has 0 radical (unpaired) electrons. The van der Waals surface area contributed by atoms with Gasteiger partial charge in [0.15, 0.2) is 5.96 Å². The highest BCUT2D eigenvalue weighted by Crippen LogP contribution is 2.16. The molecule has 0 bridgehead atoms. The van der Waals surface area contributed by atoms with Gasteiger partial charge in [-0.1, -0.05) is 31.2 Å². The number of rotatable bonds is 4. The number of aliphatic imine (C=N–C) groups is 1. The molecule has 5 nitrogen and oxygen atoms in total. The Balaban J connectivity index is 1.71. The molecule has 0 saturated carbocycles. The zero-order valence-corrected chi connectivity index (χ0v) is 13.4. The molecule has 23 heavy (non-hydrogen) atoms. The van der Waals surface area contributed by atoms with E-state index in [1.165, 1.54) is 5.56 Å². The molecule has 0 aliphatic heterocycles. The molecular formula is C18H21N5. The largest absolute Gasteiger partial charge is 0.370 e. The van der Waals surface area contributed by atoms with Crippen molar-refractivity contribution >= 4 is 22.7 Å². The number of hydrogen-bond donors (Lipinski definition) is 3. The Labute approximate surface area is 135 Å². The van der Waals surface area contributed by atoms with Crippen molar-refractivity contribution in [3.63, 3.8) is 0 Å². The van der Waals surface area contributed by atoms with Crippen LogP contribution in [-0.4, -0.2) is 15.9 Å². The third-order valence-corrected chi connectivity index (χ3v) is 3.77. The van der Waals surface area contributed by atoms with Crippen molar-refractivity contribution in [1.29, 1.82) is 0 Å². The number of fused-ring (bicyclic) bond motifs is 1. The van der Waals surface area contributed by atoms with Gasteiger partial charge >= 0.3 is 0 Å². The molecule has 0 saturated heterocycles. The van der Waals surface area contributed by atoms with Crippen molar-refractivity contribution in [1.82, 2.24) is 9.97 Å². The molecule has 1 heterocycles. The van der Waals surface area contributed by atoms with Crippen LogP contribution in [0.5, 0.6) is 0 Å². The first-order valence-electron chi connectivity index (χ1n) is 7.76. The minimum atomic E-state index is 0.385. The second-order valence-electron chi connectivity index (χ2n) is 5.53. The van der Waals surface area contributed by atoms with Gasteiger partial charge in [0.25, 0.3) is 0 Å². The Morgan fingerprint density at radius 1 is 1.26 bits per heavy atom. The predicted molar refractivity (Wildman–Crippen MR) is 95.6 cm³/mol. The van der Waals surface area contributed by atoms with Gasteiger partial charge in [0.05, 0.1) is 11.0 Å². The Bertz CT molecular complexity index is 847. The maximum absolute atomic E-state index is 5.97. The van der Waals surface area contributed by atoms with Gasteiger partial charge in [-0.2, -0.15) is 0 Å². The fourth-order valence-electron chi connectivity index (χ4n) is 2.52. The van der Waals surface area contributed by atoms with Crippen molar-refractivity contribution in [3.8, 4) is 0 Å². The lowest BCUT2D eigenvalue weighted by atomic mass is 10.1. The van der Waals surface area contributed by atoms with Crippen molar-refractivity contribution in [2.24, 2.45) is 10.7 Å². The van der Waals surface area contributed by atoms with Crippen LogP contribution in [0.25, 0.3) is 11.0 Å². The Morgan fingerprint density at radius 3 is 2.87 bits per heavy atom. The van der Waals surface area contributed by atoms with E-state index in [2.05, 4.69) is 39.3 Å². The number of hydrogen-bond acceptors (Lipinski definition) is 2. The molecule has 0 aliphatic rings. The van der Waals surface area contributed by atoms with Crippen molar-refractivity contribution in [2.45, 2.75) is 26.8 Å². The minimum absolute atomic E-state index is 0.385. The monoisotopic (exact) mass is 307 g/mol. The second-order valence-corrected chi connectivity index (χ2v) is 5.53. The van der Waals surface area contributed by atoms with E-state index in [9.17, 15) is 0 Å².